The van der Waals surface area contributed by atoms with Crippen molar-refractivity contribution in [1.82, 2.24) is 20.1 Å². The third kappa shape index (κ3) is 5.84. The quantitative estimate of drug-likeness (QED) is 0.194. The summed E-state index contributed by atoms with van der Waals surface area (Å²) in [5.41, 5.74) is 10.7. The highest BCUT2D eigenvalue weighted by atomic mass is 35.5. The second-order valence-electron chi connectivity index (χ2n) is 10.00. The van der Waals surface area contributed by atoms with E-state index in [0.29, 0.717) is 47.9 Å². The smallest absolute Gasteiger partial charge is 0.247 e. The van der Waals surface area contributed by atoms with Gasteiger partial charge in [0.2, 0.25) is 11.8 Å². The molecule has 0 radical (unpaired) electrons. The third-order valence-electron chi connectivity index (χ3n) is 7.29. The standard InChI is InChI=1S/C28H30Cl2N8O2/c1-16-3-2-4-24(21-11-18(7-9-33-21)27-22(14-34-36-27)35-28(16)40)37-10-8-17(12-26(37)39)20-13-19(29)5-6-23(20)38(32)15-25(30)31/h5-7,9,11-16,24H,2-4,8,10,31-32H2,1H3,(H,34,36)(H,35,40)/b25-15-. The molecule has 1 aromatic carbocycles. The number of aromatic amines is 1. The van der Waals surface area contributed by atoms with Crippen molar-refractivity contribution in [3.8, 4) is 11.3 Å². The first kappa shape index (κ1) is 27.7. The van der Waals surface area contributed by atoms with Gasteiger partial charge in [-0.3, -0.25) is 24.7 Å². The lowest BCUT2D eigenvalue weighted by Crippen LogP contribution is -2.38. The van der Waals surface area contributed by atoms with Crippen molar-refractivity contribution in [3.63, 3.8) is 0 Å². The van der Waals surface area contributed by atoms with Gasteiger partial charge in [-0.05, 0) is 55.2 Å². The van der Waals surface area contributed by atoms with Gasteiger partial charge >= 0.3 is 0 Å². The molecule has 3 aromatic rings. The number of nitrogens with zero attached hydrogens (tertiary/aromatic N) is 4. The molecule has 0 fully saturated rings. The molecule has 5 rings (SSSR count). The van der Waals surface area contributed by atoms with Crippen LogP contribution in [0.4, 0.5) is 11.4 Å². The van der Waals surface area contributed by atoms with E-state index in [2.05, 4.69) is 20.5 Å². The summed E-state index contributed by atoms with van der Waals surface area (Å²) in [5.74, 6) is 5.78. The van der Waals surface area contributed by atoms with Crippen molar-refractivity contribution >= 4 is 52.0 Å². The number of nitrogens with one attached hydrogen (secondary N) is 2. The summed E-state index contributed by atoms with van der Waals surface area (Å²) in [6.07, 6.45) is 9.01. The number of hydrogen-bond donors (Lipinski definition) is 4. The number of fused-ring (bicyclic) bond motifs is 4. The maximum absolute atomic E-state index is 13.7. The zero-order valence-corrected chi connectivity index (χ0v) is 23.4. The van der Waals surface area contributed by atoms with Gasteiger partial charge in [-0.25, -0.2) is 5.84 Å². The van der Waals surface area contributed by atoms with Crippen LogP contribution < -0.4 is 21.9 Å². The largest absolute Gasteiger partial charge is 0.388 e. The number of hydrazine groups is 1. The fraction of sp³-hybridized carbons (Fsp3) is 0.286. The van der Waals surface area contributed by atoms with Gasteiger partial charge < -0.3 is 16.0 Å². The zero-order valence-electron chi connectivity index (χ0n) is 21.9. The number of pyridine rings is 1. The lowest BCUT2D eigenvalue weighted by Gasteiger charge is -2.35. The van der Waals surface area contributed by atoms with E-state index < -0.39 is 0 Å². The molecular weight excluding hydrogens is 551 g/mol. The summed E-state index contributed by atoms with van der Waals surface area (Å²) in [6, 6.07) is 8.79. The maximum Gasteiger partial charge on any atom is 0.247 e. The first-order valence-corrected chi connectivity index (χ1v) is 13.7. The third-order valence-corrected chi connectivity index (χ3v) is 7.63. The first-order chi connectivity index (χ1) is 19.2. The van der Waals surface area contributed by atoms with Crippen LogP contribution in [0, 0.1) is 5.92 Å². The molecule has 2 bridgehead atoms. The van der Waals surface area contributed by atoms with Crippen LogP contribution in [0.15, 0.2) is 60.2 Å². The lowest BCUT2D eigenvalue weighted by molar-refractivity contribution is -0.129. The Labute approximate surface area is 242 Å². The number of nitrogens with two attached hydrogens (primary N) is 2. The van der Waals surface area contributed by atoms with Crippen molar-refractivity contribution in [2.45, 2.75) is 38.6 Å². The summed E-state index contributed by atoms with van der Waals surface area (Å²) in [6.45, 7) is 2.38. The van der Waals surface area contributed by atoms with Crippen LogP contribution in [0.25, 0.3) is 16.8 Å². The number of halogens is 2. The molecule has 0 spiro atoms. The highest BCUT2D eigenvalue weighted by molar-refractivity contribution is 6.31. The van der Waals surface area contributed by atoms with E-state index in [1.165, 1.54) is 11.2 Å². The molecule has 2 aliphatic heterocycles. The minimum atomic E-state index is -0.268. The summed E-state index contributed by atoms with van der Waals surface area (Å²) < 4.78 is 0. The van der Waals surface area contributed by atoms with Crippen LogP contribution in [0.1, 0.15) is 49.9 Å². The van der Waals surface area contributed by atoms with E-state index in [9.17, 15) is 9.59 Å². The summed E-state index contributed by atoms with van der Waals surface area (Å²) in [7, 11) is 0. The Morgan fingerprint density at radius 3 is 2.83 bits per heavy atom. The van der Waals surface area contributed by atoms with Gasteiger partial charge in [0.1, 0.15) is 5.16 Å². The molecule has 2 aromatic heterocycles. The Balaban J connectivity index is 1.49. The van der Waals surface area contributed by atoms with Crippen molar-refractivity contribution in [1.29, 1.82) is 0 Å². The predicted molar refractivity (Wildman–Crippen MR) is 157 cm³/mol. The fourth-order valence-electron chi connectivity index (χ4n) is 5.22. The van der Waals surface area contributed by atoms with Gasteiger partial charge in [-0.2, -0.15) is 5.10 Å². The Hall–Kier alpha value is -3.86. The number of benzene rings is 1. The van der Waals surface area contributed by atoms with Crippen LogP contribution in [0.3, 0.4) is 0 Å². The molecule has 2 atom stereocenters. The number of anilines is 2. The Kier molecular flexibility index (Phi) is 8.11. The topological polar surface area (TPSA) is 146 Å². The second-order valence-corrected chi connectivity index (χ2v) is 10.9. The van der Waals surface area contributed by atoms with Crippen molar-refractivity contribution in [2.24, 2.45) is 17.5 Å². The number of carbonyl (C=O) groups excluding carboxylic acids is 2. The Morgan fingerprint density at radius 2 is 2.05 bits per heavy atom. The molecule has 208 valence electrons. The predicted octanol–water partition coefficient (Wildman–Crippen LogP) is 4.92. The lowest BCUT2D eigenvalue weighted by atomic mass is 9.93. The van der Waals surface area contributed by atoms with E-state index in [-0.39, 0.29) is 28.9 Å². The highest BCUT2D eigenvalue weighted by Gasteiger charge is 2.30. The Morgan fingerprint density at radius 1 is 1.23 bits per heavy atom. The van der Waals surface area contributed by atoms with E-state index in [0.717, 1.165) is 28.8 Å². The molecule has 0 aliphatic carbocycles. The molecule has 2 amide bonds. The number of rotatable bonds is 4. The van der Waals surface area contributed by atoms with E-state index in [4.69, 9.17) is 34.8 Å². The monoisotopic (exact) mass is 580 g/mol. The SMILES string of the molecule is CC1CCCC(N2CCC(c3cc(Cl)ccc3N(N)/C=C(\N)Cl)=CC2=O)c2cc(ccn2)-c2[nH]ncc2NC1=O. The number of amides is 2. The first-order valence-electron chi connectivity index (χ1n) is 13.0. The van der Waals surface area contributed by atoms with Crippen molar-refractivity contribution in [3.05, 3.63) is 76.4 Å². The van der Waals surface area contributed by atoms with Crippen LogP contribution >= 0.6 is 23.2 Å². The van der Waals surface area contributed by atoms with Gasteiger partial charge in [0.15, 0.2) is 0 Å². The van der Waals surface area contributed by atoms with Gasteiger partial charge in [-0.15, -0.1) is 0 Å². The van der Waals surface area contributed by atoms with Crippen LogP contribution in [0.5, 0.6) is 0 Å². The minimum Gasteiger partial charge on any atom is -0.388 e. The van der Waals surface area contributed by atoms with Crippen molar-refractivity contribution in [2.75, 3.05) is 16.9 Å². The van der Waals surface area contributed by atoms with Crippen LogP contribution in [-0.2, 0) is 9.59 Å². The summed E-state index contributed by atoms with van der Waals surface area (Å²) in [5, 5.41) is 12.0. The van der Waals surface area contributed by atoms with Crippen LogP contribution in [0.2, 0.25) is 5.02 Å². The van der Waals surface area contributed by atoms with Crippen LogP contribution in [-0.4, -0.2) is 38.4 Å². The second kappa shape index (κ2) is 11.7. The number of carbonyl (C=O) groups is 2. The molecule has 40 heavy (non-hydrogen) atoms. The van der Waals surface area contributed by atoms with E-state index >= 15 is 0 Å². The average molecular weight is 582 g/mol. The van der Waals surface area contributed by atoms with Gasteiger partial charge in [0.05, 0.1) is 41.2 Å². The summed E-state index contributed by atoms with van der Waals surface area (Å²) in [4.78, 5) is 33.0. The molecule has 12 heteroatoms. The van der Waals surface area contributed by atoms with Gasteiger partial charge in [0, 0.05) is 40.9 Å². The fourth-order valence-corrected chi connectivity index (χ4v) is 5.50. The molecule has 2 aliphatic rings. The number of H-pyrrole nitrogens is 1. The highest BCUT2D eigenvalue weighted by Crippen LogP contribution is 2.37. The molecule has 0 saturated carbocycles. The molecular formula is C28H30Cl2N8O2. The van der Waals surface area contributed by atoms with Gasteiger partial charge in [-0.1, -0.05) is 36.5 Å². The summed E-state index contributed by atoms with van der Waals surface area (Å²) >= 11 is 12.2. The van der Waals surface area contributed by atoms with E-state index in [1.54, 1.807) is 36.7 Å². The molecule has 2 unspecified atom stereocenters. The minimum absolute atomic E-state index is 0.0227. The normalized spacial score (nSPS) is 20.1. The molecule has 0 saturated heterocycles. The van der Waals surface area contributed by atoms with Crippen molar-refractivity contribution < 1.29 is 9.59 Å². The van der Waals surface area contributed by atoms with E-state index in [1.807, 2.05) is 24.0 Å². The number of hydrogen-bond acceptors (Lipinski definition) is 7. The maximum atomic E-state index is 13.7. The van der Waals surface area contributed by atoms with Gasteiger partial charge in [0.25, 0.3) is 0 Å². The zero-order chi connectivity index (χ0) is 28.4. The molecule has 4 heterocycles. The molecule has 10 nitrogen and oxygen atoms in total. The molecule has 6 N–H and O–H groups in total. The average Bonchev–Trinajstić information content (AvgIpc) is 3.38. The number of aromatic nitrogens is 3. The Bertz CT molecular complexity index is 1500.